The van der Waals surface area contributed by atoms with Crippen molar-refractivity contribution in [3.63, 3.8) is 0 Å². The second-order valence-electron chi connectivity index (χ2n) is 8.82. The van der Waals surface area contributed by atoms with Crippen LogP contribution >= 0.6 is 0 Å². The minimum absolute atomic E-state index is 0.0364. The second kappa shape index (κ2) is 10.6. The number of ether oxygens (including phenoxy) is 1. The lowest BCUT2D eigenvalue weighted by molar-refractivity contribution is -0.138. The van der Waals surface area contributed by atoms with Gasteiger partial charge in [-0.3, -0.25) is 9.59 Å². The van der Waals surface area contributed by atoms with Gasteiger partial charge in [0.15, 0.2) is 0 Å². The van der Waals surface area contributed by atoms with Crippen LogP contribution in [0.5, 0.6) is 0 Å². The average Bonchev–Trinajstić information content (AvgIpc) is 2.84. The minimum atomic E-state index is -4.47. The standard InChI is InChI=1S/C22H28F3N7O3/c1-15-10-17-18(13-28-29-20(17)34)32(14-15)7-9-35-8-2-19(33)30-3-5-31(6-4-30)21-26-11-16(12-27-21)22(23,24)25/h11-13,15H,2-10,14H2,1H3,(H,29,34)/t15-/m0/s1. The third kappa shape index (κ3) is 6.08. The Hall–Kier alpha value is -3.22. The first-order chi connectivity index (χ1) is 16.7. The van der Waals surface area contributed by atoms with Crippen LogP contribution < -0.4 is 15.4 Å². The summed E-state index contributed by atoms with van der Waals surface area (Å²) in [6.45, 7) is 5.97. The highest BCUT2D eigenvalue weighted by molar-refractivity contribution is 5.76. The van der Waals surface area contributed by atoms with Crippen LogP contribution in [-0.4, -0.2) is 83.5 Å². The summed E-state index contributed by atoms with van der Waals surface area (Å²) in [5.41, 5.74) is 0.533. The molecule has 10 nitrogen and oxygen atoms in total. The molecule has 4 rings (SSSR count). The number of fused-ring (bicyclic) bond motifs is 1. The molecule has 0 aliphatic carbocycles. The number of hydrogen-bond acceptors (Lipinski definition) is 8. The maximum absolute atomic E-state index is 12.7. The van der Waals surface area contributed by atoms with E-state index in [1.165, 1.54) is 0 Å². The topological polar surface area (TPSA) is 108 Å². The fraction of sp³-hybridized carbons (Fsp3) is 0.591. The summed E-state index contributed by atoms with van der Waals surface area (Å²) < 4.78 is 43.7. The Morgan fingerprint density at radius 3 is 2.54 bits per heavy atom. The summed E-state index contributed by atoms with van der Waals surface area (Å²) in [5, 5.41) is 6.39. The zero-order valence-electron chi connectivity index (χ0n) is 19.4. The minimum Gasteiger partial charge on any atom is -0.379 e. The molecule has 1 fully saturated rings. The number of aromatic nitrogens is 4. The first-order valence-corrected chi connectivity index (χ1v) is 11.5. The van der Waals surface area contributed by atoms with Crippen molar-refractivity contribution in [2.45, 2.75) is 25.9 Å². The predicted octanol–water partition coefficient (Wildman–Crippen LogP) is 1.33. The number of halogens is 3. The number of amides is 1. The smallest absolute Gasteiger partial charge is 0.379 e. The van der Waals surface area contributed by atoms with Gasteiger partial charge in [-0.25, -0.2) is 15.1 Å². The van der Waals surface area contributed by atoms with Crippen LogP contribution in [0.2, 0.25) is 0 Å². The number of nitrogens with one attached hydrogen (secondary N) is 1. The molecule has 35 heavy (non-hydrogen) atoms. The lowest BCUT2D eigenvalue weighted by Gasteiger charge is -2.35. The molecule has 190 valence electrons. The van der Waals surface area contributed by atoms with Crippen LogP contribution in [0.4, 0.5) is 24.8 Å². The predicted molar refractivity (Wildman–Crippen MR) is 121 cm³/mol. The Balaban J connectivity index is 1.17. The maximum atomic E-state index is 12.7. The lowest BCUT2D eigenvalue weighted by atomic mass is 9.96. The summed E-state index contributed by atoms with van der Waals surface area (Å²) in [7, 11) is 0. The summed E-state index contributed by atoms with van der Waals surface area (Å²) in [6.07, 6.45) is -0.299. The Morgan fingerprint density at radius 2 is 1.86 bits per heavy atom. The van der Waals surface area contributed by atoms with Gasteiger partial charge in [0.2, 0.25) is 11.9 Å². The number of nitrogens with zero attached hydrogens (tertiary/aromatic N) is 6. The summed E-state index contributed by atoms with van der Waals surface area (Å²) in [5.74, 6) is 0.532. The lowest BCUT2D eigenvalue weighted by Crippen LogP contribution is -2.49. The molecule has 2 aliphatic heterocycles. The van der Waals surface area contributed by atoms with Crippen LogP contribution in [-0.2, 0) is 22.1 Å². The first kappa shape index (κ1) is 24.9. The maximum Gasteiger partial charge on any atom is 0.419 e. The van der Waals surface area contributed by atoms with Gasteiger partial charge in [0.1, 0.15) is 0 Å². The summed E-state index contributed by atoms with van der Waals surface area (Å²) in [6, 6.07) is 0. The van der Waals surface area contributed by atoms with Gasteiger partial charge in [-0.15, -0.1) is 0 Å². The van der Waals surface area contributed by atoms with E-state index in [1.54, 1.807) is 16.0 Å². The van der Waals surface area contributed by atoms with Gasteiger partial charge >= 0.3 is 6.18 Å². The van der Waals surface area contributed by atoms with Crippen molar-refractivity contribution >= 4 is 17.5 Å². The fourth-order valence-electron chi connectivity index (χ4n) is 4.36. The number of piperazine rings is 1. The van der Waals surface area contributed by atoms with E-state index in [1.807, 2.05) is 0 Å². The van der Waals surface area contributed by atoms with E-state index in [0.717, 1.165) is 36.6 Å². The van der Waals surface area contributed by atoms with Gasteiger partial charge in [-0.2, -0.15) is 18.3 Å². The van der Waals surface area contributed by atoms with E-state index in [2.05, 4.69) is 32.0 Å². The molecular weight excluding hydrogens is 467 g/mol. The third-order valence-corrected chi connectivity index (χ3v) is 6.21. The van der Waals surface area contributed by atoms with Crippen LogP contribution in [0.3, 0.4) is 0 Å². The molecule has 0 radical (unpaired) electrons. The van der Waals surface area contributed by atoms with Crippen molar-refractivity contribution in [3.8, 4) is 0 Å². The molecule has 0 saturated carbocycles. The molecule has 0 aromatic carbocycles. The van der Waals surface area contributed by atoms with E-state index in [4.69, 9.17) is 4.74 Å². The highest BCUT2D eigenvalue weighted by atomic mass is 19.4. The van der Waals surface area contributed by atoms with Crippen LogP contribution in [0.15, 0.2) is 23.4 Å². The van der Waals surface area contributed by atoms with Gasteiger partial charge in [-0.1, -0.05) is 6.92 Å². The molecule has 1 atom stereocenters. The molecule has 2 aliphatic rings. The van der Waals surface area contributed by atoms with Crippen molar-refractivity contribution in [3.05, 3.63) is 40.1 Å². The van der Waals surface area contributed by atoms with E-state index < -0.39 is 11.7 Å². The molecule has 1 saturated heterocycles. The number of aromatic amines is 1. The molecule has 2 aromatic rings. The highest BCUT2D eigenvalue weighted by Gasteiger charge is 2.32. The number of carbonyl (C=O) groups is 1. The van der Waals surface area contributed by atoms with Crippen molar-refractivity contribution < 1.29 is 22.7 Å². The molecule has 0 unspecified atom stereocenters. The Kier molecular flexibility index (Phi) is 7.53. The zero-order valence-corrected chi connectivity index (χ0v) is 19.4. The number of alkyl halides is 3. The monoisotopic (exact) mass is 495 g/mol. The first-order valence-electron chi connectivity index (χ1n) is 11.5. The SMILES string of the molecule is C[C@H]1Cc2c(cn[nH]c2=O)N(CCOCCC(=O)N2CCN(c3ncc(C(F)(F)F)cn3)CC2)C1. The fourth-order valence-corrected chi connectivity index (χ4v) is 4.36. The molecular formula is C22H28F3N7O3. The quantitative estimate of drug-likeness (QED) is 0.574. The molecule has 1 N–H and O–H groups in total. The van der Waals surface area contributed by atoms with E-state index in [9.17, 15) is 22.8 Å². The molecule has 0 spiro atoms. The van der Waals surface area contributed by atoms with E-state index >= 15 is 0 Å². The molecule has 0 bridgehead atoms. The van der Waals surface area contributed by atoms with Crippen molar-refractivity contribution in [2.24, 2.45) is 5.92 Å². The van der Waals surface area contributed by atoms with Crippen LogP contribution in [0.25, 0.3) is 0 Å². The van der Waals surface area contributed by atoms with E-state index in [-0.39, 0.29) is 30.4 Å². The normalized spacial score (nSPS) is 18.5. The van der Waals surface area contributed by atoms with Crippen LogP contribution in [0, 0.1) is 5.92 Å². The van der Waals surface area contributed by atoms with Crippen molar-refractivity contribution in [1.82, 2.24) is 25.1 Å². The molecule has 13 heteroatoms. The molecule has 1 amide bonds. The number of rotatable bonds is 7. The van der Waals surface area contributed by atoms with Gasteiger partial charge in [-0.05, 0) is 12.3 Å². The third-order valence-electron chi connectivity index (χ3n) is 6.21. The highest BCUT2D eigenvalue weighted by Crippen LogP contribution is 2.28. The Bertz CT molecular complexity index is 1070. The van der Waals surface area contributed by atoms with Crippen molar-refractivity contribution in [2.75, 3.05) is 62.3 Å². The molecule has 4 heterocycles. The van der Waals surface area contributed by atoms with E-state index in [0.29, 0.717) is 45.2 Å². The number of hydrogen-bond donors (Lipinski definition) is 1. The average molecular weight is 496 g/mol. The Morgan fingerprint density at radius 1 is 1.14 bits per heavy atom. The summed E-state index contributed by atoms with van der Waals surface area (Å²) in [4.78, 5) is 37.8. The van der Waals surface area contributed by atoms with Crippen molar-refractivity contribution in [1.29, 1.82) is 0 Å². The Labute approximate surface area is 200 Å². The van der Waals surface area contributed by atoms with Gasteiger partial charge in [0.05, 0.1) is 37.1 Å². The van der Waals surface area contributed by atoms with Crippen LogP contribution in [0.1, 0.15) is 24.5 Å². The zero-order chi connectivity index (χ0) is 25.0. The second-order valence-corrected chi connectivity index (χ2v) is 8.82. The van der Waals surface area contributed by atoms with Gasteiger partial charge in [0, 0.05) is 57.2 Å². The number of carbonyl (C=O) groups excluding carboxylic acids is 1. The van der Waals surface area contributed by atoms with Gasteiger partial charge in [0.25, 0.3) is 5.56 Å². The largest absolute Gasteiger partial charge is 0.419 e. The van der Waals surface area contributed by atoms with Gasteiger partial charge < -0.3 is 19.4 Å². The summed E-state index contributed by atoms with van der Waals surface area (Å²) >= 11 is 0. The molecule has 2 aromatic heterocycles. The number of H-pyrrole nitrogens is 1. The number of anilines is 2.